The van der Waals surface area contributed by atoms with Crippen LogP contribution in [0.25, 0.3) is 11.1 Å². The number of hydrogen-bond donors (Lipinski definition) is 1. The van der Waals surface area contributed by atoms with Crippen molar-refractivity contribution in [2.24, 2.45) is 5.73 Å². The first-order chi connectivity index (χ1) is 18.4. The van der Waals surface area contributed by atoms with Crippen molar-refractivity contribution in [3.63, 3.8) is 0 Å². The second-order valence-corrected chi connectivity index (χ2v) is 10.0. The number of benzene rings is 3. The summed E-state index contributed by atoms with van der Waals surface area (Å²) < 4.78 is 97.4. The van der Waals surface area contributed by atoms with Gasteiger partial charge in [0.2, 0.25) is 0 Å². The molecule has 2 N–H and O–H groups in total. The van der Waals surface area contributed by atoms with Crippen LogP contribution in [0.1, 0.15) is 66.6 Å². The van der Waals surface area contributed by atoms with Crippen molar-refractivity contribution in [1.29, 1.82) is 5.26 Å². The van der Waals surface area contributed by atoms with Gasteiger partial charge in [-0.15, -0.1) is 0 Å². The molecule has 1 unspecified atom stereocenters. The van der Waals surface area contributed by atoms with Crippen LogP contribution < -0.4 is 5.73 Å². The van der Waals surface area contributed by atoms with E-state index in [1.807, 2.05) is 6.92 Å². The first-order valence-electron chi connectivity index (χ1n) is 12.6. The van der Waals surface area contributed by atoms with Crippen LogP contribution in [0.2, 0.25) is 0 Å². The van der Waals surface area contributed by atoms with Crippen LogP contribution in [-0.4, -0.2) is 11.1 Å². The van der Waals surface area contributed by atoms with Gasteiger partial charge < -0.3 is 5.73 Å². The first kappa shape index (κ1) is 31.1. The Morgan fingerprint density at radius 2 is 1.40 bits per heavy atom. The van der Waals surface area contributed by atoms with E-state index in [9.17, 15) is 36.0 Å². The summed E-state index contributed by atoms with van der Waals surface area (Å²) >= 11 is 0. The second kappa shape index (κ2) is 11.6. The largest absolute Gasteiger partial charge is 0.416 e. The standard InChI is InChI=1S/C30H30F7N3/c1-5-21-7-6-19(15-38)12-27(21)26-9-8-23(28(3,31)32)13-22(26)17-40(18(2)39)16-20-10-24(29(4,33)34)14-25(11-20)30(35,36)37/h6-14,18H,5,16-17,39H2,1-4H3. The van der Waals surface area contributed by atoms with Gasteiger partial charge in [0, 0.05) is 38.1 Å². The molecule has 214 valence electrons. The molecule has 0 aliphatic heterocycles. The number of hydrogen-bond acceptors (Lipinski definition) is 3. The highest BCUT2D eigenvalue weighted by Gasteiger charge is 2.35. The van der Waals surface area contributed by atoms with Gasteiger partial charge in [-0.1, -0.05) is 25.1 Å². The van der Waals surface area contributed by atoms with E-state index in [1.165, 1.54) is 23.1 Å². The minimum atomic E-state index is -4.86. The third kappa shape index (κ3) is 7.40. The summed E-state index contributed by atoms with van der Waals surface area (Å²) in [6.45, 7) is 4.40. The van der Waals surface area contributed by atoms with Crippen LogP contribution in [-0.2, 0) is 37.5 Å². The van der Waals surface area contributed by atoms with Gasteiger partial charge in [-0.25, -0.2) is 17.6 Å². The molecule has 0 aliphatic carbocycles. The molecule has 0 amide bonds. The molecule has 1 atom stereocenters. The average Bonchev–Trinajstić information content (AvgIpc) is 2.86. The molecular weight excluding hydrogens is 535 g/mol. The Morgan fingerprint density at radius 3 is 1.93 bits per heavy atom. The number of nitrogens with zero attached hydrogens (tertiary/aromatic N) is 2. The van der Waals surface area contributed by atoms with Crippen molar-refractivity contribution in [3.05, 3.63) is 93.5 Å². The molecule has 0 spiro atoms. The molecule has 0 fully saturated rings. The monoisotopic (exact) mass is 565 g/mol. The molecule has 0 bridgehead atoms. The molecule has 3 nitrogen and oxygen atoms in total. The Labute approximate surface area is 229 Å². The highest BCUT2D eigenvalue weighted by Crippen LogP contribution is 2.37. The minimum absolute atomic E-state index is 0.0529. The van der Waals surface area contributed by atoms with E-state index in [1.54, 1.807) is 25.1 Å². The van der Waals surface area contributed by atoms with Gasteiger partial charge in [-0.3, -0.25) is 4.90 Å². The molecule has 0 heterocycles. The Kier molecular flexibility index (Phi) is 9.02. The topological polar surface area (TPSA) is 53.0 Å². The molecule has 3 aromatic rings. The zero-order valence-corrected chi connectivity index (χ0v) is 22.5. The van der Waals surface area contributed by atoms with Gasteiger partial charge in [-0.05, 0) is 77.6 Å². The van der Waals surface area contributed by atoms with Crippen LogP contribution in [0.15, 0.2) is 54.6 Å². The molecule has 0 saturated heterocycles. The normalized spacial score (nSPS) is 13.4. The van der Waals surface area contributed by atoms with Crippen LogP contribution in [0.5, 0.6) is 0 Å². The smallest absolute Gasteiger partial charge is 0.316 e. The lowest BCUT2D eigenvalue weighted by atomic mass is 9.90. The van der Waals surface area contributed by atoms with Gasteiger partial charge in [0.05, 0.1) is 23.4 Å². The Bertz CT molecular complexity index is 1360. The fraction of sp³-hybridized carbons (Fsp3) is 0.367. The predicted octanol–water partition coefficient (Wildman–Crippen LogP) is 8.34. The van der Waals surface area contributed by atoms with Crippen LogP contribution in [0, 0.1) is 11.3 Å². The summed E-state index contributed by atoms with van der Waals surface area (Å²) in [7, 11) is 0. The lowest BCUT2D eigenvalue weighted by molar-refractivity contribution is -0.137. The van der Waals surface area contributed by atoms with E-state index in [4.69, 9.17) is 5.73 Å². The minimum Gasteiger partial charge on any atom is -0.316 e. The van der Waals surface area contributed by atoms with Crippen molar-refractivity contribution >= 4 is 0 Å². The van der Waals surface area contributed by atoms with Gasteiger partial charge in [0.25, 0.3) is 11.8 Å². The van der Waals surface area contributed by atoms with Gasteiger partial charge in [0.15, 0.2) is 0 Å². The molecule has 3 rings (SSSR count). The Hall–Kier alpha value is -3.42. The number of nitriles is 1. The Morgan fingerprint density at radius 1 is 0.775 bits per heavy atom. The molecule has 0 aromatic heterocycles. The van der Waals surface area contributed by atoms with E-state index in [2.05, 4.69) is 6.07 Å². The zero-order chi connectivity index (χ0) is 30.0. The van der Waals surface area contributed by atoms with Gasteiger partial charge in [-0.2, -0.15) is 18.4 Å². The SMILES string of the molecule is CCc1ccc(C#N)cc1-c1ccc(C(C)(F)F)cc1CN(Cc1cc(C(C)(F)F)cc(C(F)(F)F)c1)C(C)N. The highest BCUT2D eigenvalue weighted by atomic mass is 19.4. The maximum Gasteiger partial charge on any atom is 0.416 e. The van der Waals surface area contributed by atoms with Crippen molar-refractivity contribution in [2.75, 3.05) is 0 Å². The molecule has 0 aliphatic rings. The average molecular weight is 566 g/mol. The predicted molar refractivity (Wildman–Crippen MR) is 139 cm³/mol. The summed E-state index contributed by atoms with van der Waals surface area (Å²) in [5, 5.41) is 9.43. The van der Waals surface area contributed by atoms with Crippen molar-refractivity contribution in [1.82, 2.24) is 4.90 Å². The van der Waals surface area contributed by atoms with Crippen molar-refractivity contribution in [3.8, 4) is 17.2 Å². The third-order valence-corrected chi connectivity index (χ3v) is 6.68. The molecule has 0 radical (unpaired) electrons. The summed E-state index contributed by atoms with van der Waals surface area (Å²) in [6, 6.07) is 13.5. The molecule has 3 aromatic carbocycles. The van der Waals surface area contributed by atoms with Crippen LogP contribution in [0.4, 0.5) is 30.7 Å². The first-order valence-corrected chi connectivity index (χ1v) is 12.6. The van der Waals surface area contributed by atoms with E-state index in [0.717, 1.165) is 24.6 Å². The van der Waals surface area contributed by atoms with Crippen molar-refractivity contribution < 1.29 is 30.7 Å². The molecule has 0 saturated carbocycles. The second-order valence-electron chi connectivity index (χ2n) is 10.0. The number of halogens is 7. The third-order valence-electron chi connectivity index (χ3n) is 6.68. The van der Waals surface area contributed by atoms with Gasteiger partial charge in [0.1, 0.15) is 0 Å². The van der Waals surface area contributed by atoms with E-state index >= 15 is 0 Å². The van der Waals surface area contributed by atoms with Crippen molar-refractivity contribution in [2.45, 2.75) is 71.4 Å². The van der Waals surface area contributed by atoms with E-state index < -0.39 is 35.3 Å². The molecular formula is C30H30F7N3. The lowest BCUT2D eigenvalue weighted by Crippen LogP contribution is -2.38. The highest BCUT2D eigenvalue weighted by molar-refractivity contribution is 5.73. The van der Waals surface area contributed by atoms with Gasteiger partial charge >= 0.3 is 6.18 Å². The number of aryl methyl sites for hydroxylation is 1. The summed E-state index contributed by atoms with van der Waals surface area (Å²) in [5.41, 5.74) is 6.63. The fourth-order valence-electron chi connectivity index (χ4n) is 4.46. The maximum absolute atomic E-state index is 14.3. The number of nitrogens with two attached hydrogens (primary N) is 1. The Balaban J connectivity index is 2.15. The lowest BCUT2D eigenvalue weighted by Gasteiger charge is -2.29. The molecule has 40 heavy (non-hydrogen) atoms. The summed E-state index contributed by atoms with van der Waals surface area (Å²) in [4.78, 5) is 1.52. The maximum atomic E-state index is 14.3. The molecule has 10 heteroatoms. The number of alkyl halides is 7. The van der Waals surface area contributed by atoms with E-state index in [0.29, 0.717) is 41.7 Å². The number of rotatable bonds is 9. The zero-order valence-electron chi connectivity index (χ0n) is 22.5. The van der Waals surface area contributed by atoms with E-state index in [-0.39, 0.29) is 24.2 Å². The fourth-order valence-corrected chi connectivity index (χ4v) is 4.46. The van der Waals surface area contributed by atoms with Crippen LogP contribution in [0.3, 0.4) is 0 Å². The summed E-state index contributed by atoms with van der Waals surface area (Å²) in [5.74, 6) is -6.71. The summed E-state index contributed by atoms with van der Waals surface area (Å²) in [6.07, 6.45) is -5.05. The van der Waals surface area contributed by atoms with Crippen LogP contribution >= 0.6 is 0 Å². The quantitative estimate of drug-likeness (QED) is 0.210.